The zero-order valence-electron chi connectivity index (χ0n) is 11.1. The molecule has 2 aliphatic rings. The van der Waals surface area contributed by atoms with Gasteiger partial charge in [-0.05, 0) is 25.7 Å². The van der Waals surface area contributed by atoms with Crippen LogP contribution in [0.15, 0.2) is 4.52 Å². The van der Waals surface area contributed by atoms with Crippen LogP contribution in [-0.2, 0) is 5.75 Å². The summed E-state index contributed by atoms with van der Waals surface area (Å²) in [6.45, 7) is 4.45. The van der Waals surface area contributed by atoms with Gasteiger partial charge in [0.2, 0.25) is 5.89 Å². The topological polar surface area (TPSA) is 51.0 Å². The van der Waals surface area contributed by atoms with Crippen LogP contribution in [0.3, 0.4) is 0 Å². The summed E-state index contributed by atoms with van der Waals surface area (Å²) in [6.07, 6.45) is 4.93. The highest BCUT2D eigenvalue weighted by atomic mass is 32.2. The number of hydrogen-bond donors (Lipinski definition) is 1. The molecule has 3 rings (SSSR count). The van der Waals surface area contributed by atoms with Crippen LogP contribution < -0.4 is 5.32 Å². The van der Waals surface area contributed by atoms with E-state index in [0.717, 1.165) is 17.5 Å². The van der Waals surface area contributed by atoms with Crippen molar-refractivity contribution in [3.63, 3.8) is 0 Å². The molecule has 0 spiro atoms. The van der Waals surface area contributed by atoms with Gasteiger partial charge in [-0.3, -0.25) is 0 Å². The molecule has 0 amide bonds. The summed E-state index contributed by atoms with van der Waals surface area (Å²) in [7, 11) is 0. The Balaban J connectivity index is 1.60. The van der Waals surface area contributed by atoms with Gasteiger partial charge in [0, 0.05) is 17.3 Å². The number of nitrogens with zero attached hydrogens (tertiary/aromatic N) is 2. The smallest absolute Gasteiger partial charge is 0.231 e. The second-order valence-electron chi connectivity index (χ2n) is 5.47. The zero-order valence-corrected chi connectivity index (χ0v) is 11.9. The molecule has 2 bridgehead atoms. The Bertz CT molecular complexity index is 409. The Morgan fingerprint density at radius 1 is 1.50 bits per heavy atom. The van der Waals surface area contributed by atoms with E-state index in [0.29, 0.717) is 23.3 Å². The molecule has 1 aromatic rings. The van der Waals surface area contributed by atoms with Crippen molar-refractivity contribution in [3.05, 3.63) is 11.7 Å². The van der Waals surface area contributed by atoms with Crippen LogP contribution in [0.1, 0.15) is 57.2 Å². The van der Waals surface area contributed by atoms with E-state index in [4.69, 9.17) is 4.52 Å². The highest BCUT2D eigenvalue weighted by Gasteiger charge is 2.42. The van der Waals surface area contributed by atoms with Gasteiger partial charge in [0.25, 0.3) is 0 Å². The Kier molecular flexibility index (Phi) is 3.61. The Hall–Kier alpha value is -0.550. The summed E-state index contributed by atoms with van der Waals surface area (Å²) >= 11 is 1.90. The van der Waals surface area contributed by atoms with Crippen LogP contribution in [-0.4, -0.2) is 27.5 Å². The Morgan fingerprint density at radius 2 is 2.39 bits per heavy atom. The van der Waals surface area contributed by atoms with Crippen molar-refractivity contribution in [1.82, 2.24) is 15.5 Å². The van der Waals surface area contributed by atoms with Gasteiger partial charge in [0.1, 0.15) is 0 Å². The first-order chi connectivity index (χ1) is 8.76. The van der Waals surface area contributed by atoms with Gasteiger partial charge in [0.05, 0.1) is 11.7 Å². The minimum atomic E-state index is 0.457. The number of rotatable bonds is 5. The SMILES string of the molecule is CCC(C)SCc1noc(C2CC3CCC2N3)n1. The summed E-state index contributed by atoms with van der Waals surface area (Å²) in [5.74, 6) is 3.04. The monoisotopic (exact) mass is 267 g/mol. The zero-order chi connectivity index (χ0) is 12.5. The number of fused-ring (bicyclic) bond motifs is 2. The summed E-state index contributed by atoms with van der Waals surface area (Å²) < 4.78 is 5.45. The molecule has 0 aliphatic carbocycles. The number of aromatic nitrogens is 2. The van der Waals surface area contributed by atoms with Crippen LogP contribution in [0, 0.1) is 0 Å². The molecule has 5 heteroatoms. The lowest BCUT2D eigenvalue weighted by molar-refractivity contribution is 0.327. The van der Waals surface area contributed by atoms with Crippen LogP contribution >= 0.6 is 11.8 Å². The van der Waals surface area contributed by atoms with E-state index in [1.165, 1.54) is 25.7 Å². The highest BCUT2D eigenvalue weighted by Crippen LogP contribution is 2.39. The summed E-state index contributed by atoms with van der Waals surface area (Å²) in [5.41, 5.74) is 0. The minimum Gasteiger partial charge on any atom is -0.339 e. The number of thioether (sulfide) groups is 1. The fourth-order valence-electron chi connectivity index (χ4n) is 2.91. The Labute approximate surface area is 112 Å². The molecule has 0 aromatic carbocycles. The van der Waals surface area contributed by atoms with E-state index in [2.05, 4.69) is 29.3 Å². The van der Waals surface area contributed by atoms with Crippen molar-refractivity contribution >= 4 is 11.8 Å². The average Bonchev–Trinajstić information content (AvgIpc) is 3.10. The van der Waals surface area contributed by atoms with Crippen molar-refractivity contribution in [2.45, 2.75) is 68.5 Å². The molecular formula is C13H21N3OS. The summed E-state index contributed by atoms with van der Waals surface area (Å²) in [4.78, 5) is 4.58. The van der Waals surface area contributed by atoms with E-state index in [9.17, 15) is 0 Å². The summed E-state index contributed by atoms with van der Waals surface area (Å²) in [5, 5.41) is 8.39. The molecule has 4 unspecified atom stereocenters. The minimum absolute atomic E-state index is 0.457. The predicted molar refractivity (Wildman–Crippen MR) is 72.6 cm³/mol. The largest absolute Gasteiger partial charge is 0.339 e. The molecule has 0 saturated carbocycles. The van der Waals surface area contributed by atoms with Gasteiger partial charge in [0.15, 0.2) is 5.82 Å². The fraction of sp³-hybridized carbons (Fsp3) is 0.846. The molecule has 0 radical (unpaired) electrons. The van der Waals surface area contributed by atoms with Crippen molar-refractivity contribution in [3.8, 4) is 0 Å². The second kappa shape index (κ2) is 5.21. The third-order valence-corrected chi connectivity index (χ3v) is 5.50. The number of hydrogen-bond acceptors (Lipinski definition) is 5. The van der Waals surface area contributed by atoms with Gasteiger partial charge in [-0.25, -0.2) is 0 Å². The van der Waals surface area contributed by atoms with Crippen molar-refractivity contribution in [1.29, 1.82) is 0 Å². The van der Waals surface area contributed by atoms with Gasteiger partial charge < -0.3 is 9.84 Å². The number of nitrogens with one attached hydrogen (secondary N) is 1. The molecule has 2 fully saturated rings. The van der Waals surface area contributed by atoms with Crippen LogP contribution in [0.4, 0.5) is 0 Å². The first kappa shape index (κ1) is 12.5. The van der Waals surface area contributed by atoms with Crippen molar-refractivity contribution in [2.75, 3.05) is 0 Å². The van der Waals surface area contributed by atoms with E-state index in [1.807, 2.05) is 11.8 Å². The van der Waals surface area contributed by atoms with E-state index in [1.54, 1.807) is 0 Å². The maximum atomic E-state index is 5.45. The molecule has 100 valence electrons. The third kappa shape index (κ3) is 2.43. The third-order valence-electron chi connectivity index (χ3n) is 4.17. The molecule has 1 aromatic heterocycles. The van der Waals surface area contributed by atoms with E-state index < -0.39 is 0 Å². The molecule has 4 atom stereocenters. The molecule has 3 heterocycles. The molecule has 2 aliphatic heterocycles. The standard InChI is InChI=1S/C13H21N3OS/c1-3-8(2)18-7-12-15-13(17-16-12)10-6-9-4-5-11(10)14-9/h8-11,14H,3-7H2,1-2H3. The highest BCUT2D eigenvalue weighted by molar-refractivity contribution is 7.99. The van der Waals surface area contributed by atoms with Gasteiger partial charge >= 0.3 is 0 Å². The maximum absolute atomic E-state index is 5.45. The first-order valence-corrected chi connectivity index (χ1v) is 8.01. The van der Waals surface area contributed by atoms with E-state index >= 15 is 0 Å². The average molecular weight is 267 g/mol. The normalized spacial score (nSPS) is 32.0. The molecule has 4 nitrogen and oxygen atoms in total. The van der Waals surface area contributed by atoms with Crippen LogP contribution in [0.2, 0.25) is 0 Å². The van der Waals surface area contributed by atoms with Gasteiger partial charge in [-0.1, -0.05) is 19.0 Å². The fourth-order valence-corrected chi connectivity index (χ4v) is 3.70. The van der Waals surface area contributed by atoms with Crippen LogP contribution in [0.25, 0.3) is 0 Å². The first-order valence-electron chi connectivity index (χ1n) is 6.96. The predicted octanol–water partition coefficient (Wildman–Crippen LogP) is 2.71. The molecule has 2 saturated heterocycles. The van der Waals surface area contributed by atoms with Gasteiger partial charge in [-0.15, -0.1) is 0 Å². The van der Waals surface area contributed by atoms with Crippen LogP contribution in [0.5, 0.6) is 0 Å². The lowest BCUT2D eigenvalue weighted by Crippen LogP contribution is -2.21. The summed E-state index contributed by atoms with van der Waals surface area (Å²) in [6, 6.07) is 1.26. The van der Waals surface area contributed by atoms with E-state index in [-0.39, 0.29) is 0 Å². The van der Waals surface area contributed by atoms with Crippen molar-refractivity contribution in [2.24, 2.45) is 0 Å². The quantitative estimate of drug-likeness (QED) is 0.889. The maximum Gasteiger partial charge on any atom is 0.231 e. The van der Waals surface area contributed by atoms with Gasteiger partial charge in [-0.2, -0.15) is 16.7 Å². The lowest BCUT2D eigenvalue weighted by Gasteiger charge is -2.15. The molecule has 18 heavy (non-hydrogen) atoms. The Morgan fingerprint density at radius 3 is 3.06 bits per heavy atom. The molecular weight excluding hydrogens is 246 g/mol. The lowest BCUT2D eigenvalue weighted by atomic mass is 9.89. The van der Waals surface area contributed by atoms with Crippen molar-refractivity contribution < 1.29 is 4.52 Å². The molecule has 1 N–H and O–H groups in total. The second-order valence-corrected chi connectivity index (χ2v) is 6.90.